The third kappa shape index (κ3) is 3.38. The quantitative estimate of drug-likeness (QED) is 0.293. The van der Waals surface area contributed by atoms with Gasteiger partial charge in [-0.05, 0) is 41.8 Å². The van der Waals surface area contributed by atoms with Gasteiger partial charge in [0.05, 0.1) is 28.1 Å². The molecule has 5 aromatic rings. The highest BCUT2D eigenvalue weighted by Gasteiger charge is 2.34. The number of halogens is 1. The molecule has 3 aromatic heterocycles. The van der Waals surface area contributed by atoms with Crippen LogP contribution in [0.4, 0.5) is 5.95 Å². The Morgan fingerprint density at radius 1 is 0.969 bits per heavy atom. The Balaban J connectivity index is 1.55. The van der Waals surface area contributed by atoms with Crippen LogP contribution in [0.2, 0.25) is 5.02 Å². The predicted molar refractivity (Wildman–Crippen MR) is 129 cm³/mol. The second-order valence-electron chi connectivity index (χ2n) is 7.50. The van der Waals surface area contributed by atoms with E-state index in [1.54, 1.807) is 17.6 Å². The molecule has 0 unspecified atom stereocenters. The molecular weight excluding hydrogens is 440 g/mol. The molecule has 0 fully saturated rings. The molecule has 1 aliphatic rings. The summed E-state index contributed by atoms with van der Waals surface area (Å²) in [5, 5.41) is 10.4. The van der Waals surface area contributed by atoms with Crippen LogP contribution in [0.5, 0.6) is 0 Å². The van der Waals surface area contributed by atoms with Gasteiger partial charge in [0.15, 0.2) is 0 Å². The van der Waals surface area contributed by atoms with Crippen LogP contribution in [0, 0.1) is 0 Å². The van der Waals surface area contributed by atoms with Crippen LogP contribution in [-0.4, -0.2) is 15.7 Å². The van der Waals surface area contributed by atoms with E-state index >= 15 is 0 Å². The van der Waals surface area contributed by atoms with Crippen molar-refractivity contribution < 1.29 is 4.42 Å². The van der Waals surface area contributed by atoms with Crippen LogP contribution < -0.4 is 5.01 Å². The van der Waals surface area contributed by atoms with E-state index in [0.717, 1.165) is 44.9 Å². The normalized spacial score (nSPS) is 16.0. The first-order valence-electron chi connectivity index (χ1n) is 10.2. The summed E-state index contributed by atoms with van der Waals surface area (Å²) in [4.78, 5) is 11.0. The molecule has 0 spiro atoms. The monoisotopic (exact) mass is 456 g/mol. The SMILES string of the molecule is Clc1ccc2nc(N3N=C(c4cccs4)C[C@@H]3c3ccco3)nc(-c3ccccc3)c2c1. The number of benzene rings is 2. The Morgan fingerprint density at radius 2 is 1.88 bits per heavy atom. The van der Waals surface area contributed by atoms with E-state index in [1.165, 1.54) is 0 Å². The van der Waals surface area contributed by atoms with Gasteiger partial charge in [-0.2, -0.15) is 5.10 Å². The molecule has 0 radical (unpaired) electrons. The van der Waals surface area contributed by atoms with Crippen LogP contribution in [0.25, 0.3) is 22.2 Å². The molecule has 0 saturated heterocycles. The second kappa shape index (κ2) is 7.89. The van der Waals surface area contributed by atoms with E-state index in [9.17, 15) is 0 Å². The highest BCUT2D eigenvalue weighted by Crippen LogP contribution is 2.38. The van der Waals surface area contributed by atoms with Crippen molar-refractivity contribution in [3.05, 3.63) is 100 Å². The topological polar surface area (TPSA) is 54.5 Å². The van der Waals surface area contributed by atoms with Crippen LogP contribution in [0.15, 0.2) is 94.0 Å². The summed E-state index contributed by atoms with van der Waals surface area (Å²) in [7, 11) is 0. The largest absolute Gasteiger partial charge is 0.467 e. The van der Waals surface area contributed by atoms with E-state index in [2.05, 4.69) is 11.4 Å². The molecule has 7 heteroatoms. The molecule has 32 heavy (non-hydrogen) atoms. The number of anilines is 1. The summed E-state index contributed by atoms with van der Waals surface area (Å²) in [6.45, 7) is 0. The van der Waals surface area contributed by atoms with E-state index in [1.807, 2.05) is 71.7 Å². The van der Waals surface area contributed by atoms with Gasteiger partial charge >= 0.3 is 0 Å². The van der Waals surface area contributed by atoms with E-state index < -0.39 is 0 Å². The Morgan fingerprint density at radius 3 is 2.66 bits per heavy atom. The molecule has 0 amide bonds. The van der Waals surface area contributed by atoms with Crippen LogP contribution in [0.3, 0.4) is 0 Å². The first-order chi connectivity index (χ1) is 15.8. The fourth-order valence-corrected chi connectivity index (χ4v) is 4.89. The zero-order valence-electron chi connectivity index (χ0n) is 16.9. The summed E-state index contributed by atoms with van der Waals surface area (Å²) < 4.78 is 5.77. The number of thiophene rings is 1. The van der Waals surface area contributed by atoms with Crippen molar-refractivity contribution in [2.75, 3.05) is 5.01 Å². The zero-order chi connectivity index (χ0) is 21.5. The van der Waals surface area contributed by atoms with Gasteiger partial charge in [0, 0.05) is 22.4 Å². The molecule has 0 bridgehead atoms. The standard InChI is InChI=1S/C25H17ClN4OS/c26-17-10-11-19-18(14-17)24(16-6-2-1-3-7-16)28-25(27-19)30-21(22-8-4-12-31-22)15-20(29-30)23-9-5-13-32-23/h1-14,21H,15H2/t21-/m1/s1. The van der Waals surface area contributed by atoms with Crippen molar-refractivity contribution in [1.82, 2.24) is 9.97 Å². The molecule has 0 aliphatic carbocycles. The minimum absolute atomic E-state index is 0.115. The minimum atomic E-state index is -0.115. The van der Waals surface area contributed by atoms with Gasteiger partial charge in [0.1, 0.15) is 11.8 Å². The molecule has 4 heterocycles. The molecule has 0 saturated carbocycles. The predicted octanol–water partition coefficient (Wildman–Crippen LogP) is 6.96. The van der Waals surface area contributed by atoms with Gasteiger partial charge in [-0.15, -0.1) is 11.3 Å². The smallest absolute Gasteiger partial charge is 0.248 e. The first kappa shape index (κ1) is 19.2. The van der Waals surface area contributed by atoms with Crippen LogP contribution in [0.1, 0.15) is 23.1 Å². The lowest BCUT2D eigenvalue weighted by molar-refractivity contribution is 0.463. The van der Waals surface area contributed by atoms with Gasteiger partial charge in [0.25, 0.3) is 0 Å². The number of hydrazone groups is 1. The lowest BCUT2D eigenvalue weighted by Gasteiger charge is -2.21. The van der Waals surface area contributed by atoms with Crippen LogP contribution >= 0.6 is 22.9 Å². The van der Waals surface area contributed by atoms with Crippen molar-refractivity contribution in [2.45, 2.75) is 12.5 Å². The van der Waals surface area contributed by atoms with E-state index in [0.29, 0.717) is 11.0 Å². The van der Waals surface area contributed by atoms with Crippen molar-refractivity contribution in [1.29, 1.82) is 0 Å². The van der Waals surface area contributed by atoms with Gasteiger partial charge < -0.3 is 4.42 Å². The highest BCUT2D eigenvalue weighted by atomic mass is 35.5. The fourth-order valence-electron chi connectivity index (χ4n) is 4.00. The Bertz CT molecular complexity index is 1420. The van der Waals surface area contributed by atoms with Crippen molar-refractivity contribution in [3.63, 3.8) is 0 Å². The van der Waals surface area contributed by atoms with Gasteiger partial charge in [-0.3, -0.25) is 0 Å². The summed E-state index contributed by atoms with van der Waals surface area (Å²) in [5.74, 6) is 1.37. The summed E-state index contributed by atoms with van der Waals surface area (Å²) in [6.07, 6.45) is 2.41. The van der Waals surface area contributed by atoms with Gasteiger partial charge in [0.2, 0.25) is 5.95 Å². The lowest BCUT2D eigenvalue weighted by Crippen LogP contribution is -2.20. The van der Waals surface area contributed by atoms with Crippen molar-refractivity contribution in [2.24, 2.45) is 5.10 Å². The highest BCUT2D eigenvalue weighted by molar-refractivity contribution is 7.12. The average molecular weight is 457 g/mol. The molecular formula is C25H17ClN4OS. The number of furan rings is 1. The molecule has 2 aromatic carbocycles. The fraction of sp³-hybridized carbons (Fsp3) is 0.0800. The minimum Gasteiger partial charge on any atom is -0.467 e. The Hall–Kier alpha value is -3.48. The van der Waals surface area contributed by atoms with E-state index in [-0.39, 0.29) is 6.04 Å². The summed E-state index contributed by atoms with van der Waals surface area (Å²) in [5.41, 5.74) is 3.64. The number of hydrogen-bond acceptors (Lipinski definition) is 6. The molecule has 0 N–H and O–H groups in total. The van der Waals surface area contributed by atoms with Crippen LogP contribution in [-0.2, 0) is 0 Å². The number of rotatable bonds is 4. The molecule has 5 nitrogen and oxygen atoms in total. The van der Waals surface area contributed by atoms with Gasteiger partial charge in [-0.25, -0.2) is 15.0 Å². The number of aromatic nitrogens is 2. The molecule has 6 rings (SSSR count). The average Bonchev–Trinajstić information content (AvgIpc) is 3.60. The molecule has 1 atom stereocenters. The maximum atomic E-state index is 6.31. The summed E-state index contributed by atoms with van der Waals surface area (Å²) in [6, 6.07) is 23.7. The van der Waals surface area contributed by atoms with Crippen molar-refractivity contribution in [3.8, 4) is 11.3 Å². The lowest BCUT2D eigenvalue weighted by atomic mass is 10.1. The zero-order valence-corrected chi connectivity index (χ0v) is 18.4. The van der Waals surface area contributed by atoms with E-state index in [4.69, 9.17) is 31.1 Å². The second-order valence-corrected chi connectivity index (χ2v) is 8.89. The third-order valence-electron chi connectivity index (χ3n) is 5.49. The Labute approximate surface area is 193 Å². The number of nitrogens with zero attached hydrogens (tertiary/aromatic N) is 4. The Kier molecular flexibility index (Phi) is 4.74. The van der Waals surface area contributed by atoms with Crippen molar-refractivity contribution >= 4 is 45.5 Å². The number of hydrogen-bond donors (Lipinski definition) is 0. The maximum Gasteiger partial charge on any atom is 0.248 e. The molecule has 156 valence electrons. The first-order valence-corrected chi connectivity index (χ1v) is 11.5. The summed E-state index contributed by atoms with van der Waals surface area (Å²) >= 11 is 7.99. The third-order valence-corrected chi connectivity index (χ3v) is 6.64. The number of fused-ring (bicyclic) bond motifs is 1. The maximum absolute atomic E-state index is 6.31. The molecule has 1 aliphatic heterocycles. The van der Waals surface area contributed by atoms with Gasteiger partial charge in [-0.1, -0.05) is 48.0 Å².